The van der Waals surface area contributed by atoms with Gasteiger partial charge in [-0.1, -0.05) is 34.1 Å². The first-order valence-electron chi connectivity index (χ1n) is 5.96. The van der Waals surface area contributed by atoms with Crippen LogP contribution in [0.25, 0.3) is 0 Å². The first-order chi connectivity index (χ1) is 6.22. The fraction of sp³-hybridized carbons (Fsp3) is 1.00. The van der Waals surface area contributed by atoms with E-state index in [1.807, 2.05) is 13.8 Å². The average Bonchev–Trinajstić information content (AvgIpc) is 2.15. The molecule has 13 heavy (non-hydrogen) atoms. The third kappa shape index (κ3) is 9.88. The highest BCUT2D eigenvalue weighted by atomic mass is 15.1. The van der Waals surface area contributed by atoms with Crippen molar-refractivity contribution in [1.82, 2.24) is 4.90 Å². The van der Waals surface area contributed by atoms with Crippen molar-refractivity contribution >= 4 is 0 Å². The van der Waals surface area contributed by atoms with E-state index in [2.05, 4.69) is 32.6 Å². The van der Waals surface area contributed by atoms with E-state index in [1.54, 1.807) is 0 Å². The van der Waals surface area contributed by atoms with Gasteiger partial charge in [-0.3, -0.25) is 0 Å². The third-order valence-electron chi connectivity index (χ3n) is 2.04. The van der Waals surface area contributed by atoms with Gasteiger partial charge >= 0.3 is 0 Å². The number of unbranched alkanes of at least 4 members (excludes halogenated alkanes) is 1. The smallest absolute Gasteiger partial charge is 0.00385 e. The lowest BCUT2D eigenvalue weighted by Gasteiger charge is -2.25. The molecule has 0 unspecified atom stereocenters. The number of nitrogens with zero attached hydrogens (tertiary/aromatic N) is 1. The molecule has 0 aromatic rings. The lowest BCUT2D eigenvalue weighted by Crippen LogP contribution is -2.32. The van der Waals surface area contributed by atoms with Crippen molar-refractivity contribution < 1.29 is 0 Å². The van der Waals surface area contributed by atoms with Gasteiger partial charge < -0.3 is 4.90 Å². The molecular formula is C12H29N. The summed E-state index contributed by atoms with van der Waals surface area (Å²) in [5.41, 5.74) is 0. The molecule has 0 N–H and O–H groups in total. The van der Waals surface area contributed by atoms with Crippen molar-refractivity contribution in [1.29, 1.82) is 0 Å². The van der Waals surface area contributed by atoms with Crippen molar-refractivity contribution in [3.8, 4) is 0 Å². The topological polar surface area (TPSA) is 3.24 Å². The Morgan fingerprint density at radius 1 is 0.923 bits per heavy atom. The van der Waals surface area contributed by atoms with Gasteiger partial charge in [0.05, 0.1) is 0 Å². The van der Waals surface area contributed by atoms with Crippen molar-refractivity contribution in [2.75, 3.05) is 13.1 Å². The molecule has 0 fully saturated rings. The van der Waals surface area contributed by atoms with Crippen LogP contribution in [0.4, 0.5) is 0 Å². The van der Waals surface area contributed by atoms with E-state index in [0.717, 1.165) is 6.04 Å². The van der Waals surface area contributed by atoms with Crippen LogP contribution in [0.1, 0.15) is 60.8 Å². The number of rotatable bonds is 6. The van der Waals surface area contributed by atoms with E-state index < -0.39 is 0 Å². The quantitative estimate of drug-likeness (QED) is 0.609. The molecule has 0 spiro atoms. The number of hydrogen-bond donors (Lipinski definition) is 0. The van der Waals surface area contributed by atoms with Crippen LogP contribution in [0.3, 0.4) is 0 Å². The highest BCUT2D eigenvalue weighted by Gasteiger charge is 2.05. The summed E-state index contributed by atoms with van der Waals surface area (Å²) in [6, 6.07) is 0.724. The minimum atomic E-state index is 0.724. The zero-order valence-electron chi connectivity index (χ0n) is 10.6. The van der Waals surface area contributed by atoms with Crippen molar-refractivity contribution in [3.63, 3.8) is 0 Å². The van der Waals surface area contributed by atoms with Crippen LogP contribution in [-0.4, -0.2) is 24.0 Å². The van der Waals surface area contributed by atoms with E-state index in [-0.39, 0.29) is 0 Å². The van der Waals surface area contributed by atoms with E-state index >= 15 is 0 Å². The lowest BCUT2D eigenvalue weighted by molar-refractivity contribution is 0.219. The Kier molecular flexibility index (Phi) is 14.2. The largest absolute Gasteiger partial charge is 0.301 e. The van der Waals surface area contributed by atoms with E-state index in [1.165, 1.54) is 32.4 Å². The average molecular weight is 187 g/mol. The fourth-order valence-corrected chi connectivity index (χ4v) is 1.28. The molecule has 82 valence electrons. The van der Waals surface area contributed by atoms with Gasteiger partial charge in [0.2, 0.25) is 0 Å². The van der Waals surface area contributed by atoms with Crippen molar-refractivity contribution in [2.45, 2.75) is 66.8 Å². The van der Waals surface area contributed by atoms with Gasteiger partial charge in [-0.05, 0) is 39.8 Å². The van der Waals surface area contributed by atoms with Crippen LogP contribution in [0.2, 0.25) is 0 Å². The summed E-state index contributed by atoms with van der Waals surface area (Å²) in [5.74, 6) is 0. The van der Waals surface area contributed by atoms with Gasteiger partial charge in [-0.15, -0.1) is 0 Å². The van der Waals surface area contributed by atoms with Gasteiger partial charge in [0.1, 0.15) is 0 Å². The minimum absolute atomic E-state index is 0.724. The monoisotopic (exact) mass is 187 g/mol. The maximum absolute atomic E-state index is 2.56. The second-order valence-electron chi connectivity index (χ2n) is 3.48. The molecule has 0 heterocycles. The Morgan fingerprint density at radius 3 is 1.77 bits per heavy atom. The van der Waals surface area contributed by atoms with Gasteiger partial charge in [0, 0.05) is 6.04 Å². The Bertz CT molecular complexity index is 79.2. The van der Waals surface area contributed by atoms with Crippen LogP contribution in [0.5, 0.6) is 0 Å². The summed E-state index contributed by atoms with van der Waals surface area (Å²) in [5, 5.41) is 0. The standard InChI is InChI=1S/C10H23N.C2H6/c1-5-7-9-11(8-6-2)10(3)4;1-2/h10H,5-9H2,1-4H3;1-2H3. The summed E-state index contributed by atoms with van der Waals surface area (Å²) in [6.45, 7) is 15.6. The molecule has 0 aliphatic heterocycles. The molecule has 0 atom stereocenters. The maximum atomic E-state index is 2.56. The molecule has 1 nitrogen and oxygen atoms in total. The van der Waals surface area contributed by atoms with Crippen LogP contribution in [0.15, 0.2) is 0 Å². The Morgan fingerprint density at radius 2 is 1.46 bits per heavy atom. The van der Waals surface area contributed by atoms with Crippen LogP contribution in [-0.2, 0) is 0 Å². The molecule has 0 aliphatic carbocycles. The minimum Gasteiger partial charge on any atom is -0.301 e. The first kappa shape index (κ1) is 15.4. The molecule has 0 rings (SSSR count). The molecule has 0 amide bonds. The molecule has 0 bridgehead atoms. The molecule has 0 saturated carbocycles. The van der Waals surface area contributed by atoms with Crippen LogP contribution < -0.4 is 0 Å². The van der Waals surface area contributed by atoms with Gasteiger partial charge in [-0.2, -0.15) is 0 Å². The second-order valence-corrected chi connectivity index (χ2v) is 3.48. The van der Waals surface area contributed by atoms with E-state index in [9.17, 15) is 0 Å². The molecular weight excluding hydrogens is 158 g/mol. The lowest BCUT2D eigenvalue weighted by atomic mass is 10.2. The first-order valence-corrected chi connectivity index (χ1v) is 5.96. The molecule has 0 saturated heterocycles. The highest BCUT2D eigenvalue weighted by molar-refractivity contribution is 4.61. The molecule has 0 aliphatic rings. The zero-order valence-corrected chi connectivity index (χ0v) is 10.6. The summed E-state index contributed by atoms with van der Waals surface area (Å²) in [7, 11) is 0. The molecule has 0 aromatic heterocycles. The molecule has 0 radical (unpaired) electrons. The zero-order chi connectivity index (χ0) is 10.7. The Labute approximate surface area is 85.5 Å². The van der Waals surface area contributed by atoms with E-state index in [0.29, 0.717) is 0 Å². The Hall–Kier alpha value is -0.0400. The van der Waals surface area contributed by atoms with Crippen molar-refractivity contribution in [3.05, 3.63) is 0 Å². The Balaban J connectivity index is 0. The van der Waals surface area contributed by atoms with Gasteiger partial charge in [-0.25, -0.2) is 0 Å². The second kappa shape index (κ2) is 12.0. The molecule has 0 aromatic carbocycles. The summed E-state index contributed by atoms with van der Waals surface area (Å²) in [4.78, 5) is 2.56. The number of hydrogen-bond acceptors (Lipinski definition) is 1. The van der Waals surface area contributed by atoms with Gasteiger partial charge in [0.25, 0.3) is 0 Å². The van der Waals surface area contributed by atoms with E-state index in [4.69, 9.17) is 0 Å². The SMILES string of the molecule is CC.CCCCN(CCC)C(C)C. The molecule has 1 heteroatoms. The van der Waals surface area contributed by atoms with Crippen LogP contribution in [0, 0.1) is 0 Å². The third-order valence-corrected chi connectivity index (χ3v) is 2.04. The normalized spacial score (nSPS) is 10.2. The van der Waals surface area contributed by atoms with Gasteiger partial charge in [0.15, 0.2) is 0 Å². The summed E-state index contributed by atoms with van der Waals surface area (Å²) in [6.07, 6.45) is 3.94. The maximum Gasteiger partial charge on any atom is 0.00385 e. The van der Waals surface area contributed by atoms with Crippen molar-refractivity contribution in [2.24, 2.45) is 0 Å². The summed E-state index contributed by atoms with van der Waals surface area (Å²) < 4.78 is 0. The predicted molar refractivity (Wildman–Crippen MR) is 63.3 cm³/mol. The van der Waals surface area contributed by atoms with Crippen LogP contribution >= 0.6 is 0 Å². The summed E-state index contributed by atoms with van der Waals surface area (Å²) >= 11 is 0. The highest BCUT2D eigenvalue weighted by Crippen LogP contribution is 2.01. The fourth-order valence-electron chi connectivity index (χ4n) is 1.28. The predicted octanol–water partition coefficient (Wildman–Crippen LogP) is 3.93.